The van der Waals surface area contributed by atoms with E-state index in [0.29, 0.717) is 0 Å². The van der Waals surface area contributed by atoms with Gasteiger partial charge in [-0.2, -0.15) is 5.26 Å². The molecule has 0 spiro atoms. The molecule has 4 atom stereocenters. The normalized spacial score (nSPS) is 27.2. The lowest BCUT2D eigenvalue weighted by Gasteiger charge is -2.35. The summed E-state index contributed by atoms with van der Waals surface area (Å²) in [6, 6.07) is 7.53. The number of ether oxygens (including phenoxy) is 1. The molecule has 5 nitrogen and oxygen atoms in total. The molecule has 0 radical (unpaired) electrons. The minimum atomic E-state index is -2.27. The highest BCUT2D eigenvalue weighted by Gasteiger charge is 2.48. The topological polar surface area (TPSA) is 81.0 Å². The van der Waals surface area contributed by atoms with Crippen LogP contribution in [0.3, 0.4) is 0 Å². The molecule has 0 amide bonds. The molecule has 2 aromatic rings. The van der Waals surface area contributed by atoms with Crippen molar-refractivity contribution in [1.29, 1.82) is 5.26 Å². The van der Waals surface area contributed by atoms with Crippen molar-refractivity contribution in [1.82, 2.24) is 4.57 Å². The summed E-state index contributed by atoms with van der Waals surface area (Å²) in [6.07, 6.45) is -8.51. The van der Waals surface area contributed by atoms with Crippen LogP contribution in [0.1, 0.15) is 34.0 Å². The number of nitrogens with two attached hydrogens (primary N) is 1. The largest absolute Gasteiger partial charge is 0.464 e. The number of hydrogen-bond acceptors (Lipinski definition) is 4. The number of alkyl halides is 4. The maximum Gasteiger partial charge on any atom is 0.357 e. The summed E-state index contributed by atoms with van der Waals surface area (Å²) >= 11 is 0. The molecule has 1 aromatic heterocycles. The standard InChI is InChI=1S/C19H17F4N3O2/c1-28-19(27)18-17(25)9(7-24)8-26(18)13-5-3-2-4-10(13)14-15(22)11(20)6-12(21)16(14)23/h2-5,8,11-12,14-16H,6,25H2,1H3. The number of nitrogens with zero attached hydrogens (tertiary/aromatic N) is 2. The summed E-state index contributed by atoms with van der Waals surface area (Å²) in [5.74, 6) is -2.60. The van der Waals surface area contributed by atoms with E-state index in [1.807, 2.05) is 6.07 Å². The number of carbonyl (C=O) groups is 1. The third-order valence-electron chi connectivity index (χ3n) is 4.93. The number of hydrogen-bond donors (Lipinski definition) is 1. The third kappa shape index (κ3) is 3.09. The fourth-order valence-electron chi connectivity index (χ4n) is 3.54. The number of esters is 1. The number of para-hydroxylation sites is 1. The lowest BCUT2D eigenvalue weighted by Crippen LogP contribution is -2.44. The van der Waals surface area contributed by atoms with Crippen LogP contribution >= 0.6 is 0 Å². The predicted octanol–water partition coefficient (Wildman–Crippen LogP) is 3.56. The fraction of sp³-hybridized carbons (Fsp3) is 0.368. The number of halogens is 4. The second-order valence-electron chi connectivity index (χ2n) is 6.52. The first kappa shape index (κ1) is 19.7. The van der Waals surface area contributed by atoms with Gasteiger partial charge in [0.2, 0.25) is 0 Å². The molecule has 3 rings (SSSR count). The molecule has 1 aliphatic carbocycles. The van der Waals surface area contributed by atoms with Gasteiger partial charge in [0.25, 0.3) is 0 Å². The van der Waals surface area contributed by atoms with Gasteiger partial charge >= 0.3 is 5.97 Å². The molecule has 0 saturated heterocycles. The molecule has 0 bridgehead atoms. The van der Waals surface area contributed by atoms with Crippen LogP contribution in [-0.2, 0) is 4.74 Å². The summed E-state index contributed by atoms with van der Waals surface area (Å²) < 4.78 is 62.8. The van der Waals surface area contributed by atoms with Crippen LogP contribution in [0.25, 0.3) is 5.69 Å². The van der Waals surface area contributed by atoms with E-state index in [9.17, 15) is 27.6 Å². The van der Waals surface area contributed by atoms with Crippen molar-refractivity contribution < 1.29 is 27.1 Å². The van der Waals surface area contributed by atoms with Crippen LogP contribution in [0.15, 0.2) is 30.5 Å². The zero-order valence-electron chi connectivity index (χ0n) is 14.8. The number of nitrogen functional groups attached to an aromatic ring is 1. The Kier molecular flexibility index (Phi) is 5.31. The fourth-order valence-corrected chi connectivity index (χ4v) is 3.54. The van der Waals surface area contributed by atoms with E-state index in [2.05, 4.69) is 4.74 Å². The lowest BCUT2D eigenvalue weighted by molar-refractivity contribution is -0.00571. The number of aromatic nitrogens is 1. The number of benzene rings is 1. The maximum atomic E-state index is 14.6. The van der Waals surface area contributed by atoms with Crippen molar-refractivity contribution in [3.05, 3.63) is 47.3 Å². The van der Waals surface area contributed by atoms with E-state index < -0.39 is 43.0 Å². The Labute approximate surface area is 158 Å². The highest BCUT2D eigenvalue weighted by Crippen LogP contribution is 2.42. The van der Waals surface area contributed by atoms with E-state index in [0.717, 1.165) is 11.7 Å². The molecule has 1 fully saturated rings. The average molecular weight is 395 g/mol. The molecule has 148 valence electrons. The van der Waals surface area contributed by atoms with Gasteiger partial charge < -0.3 is 15.0 Å². The van der Waals surface area contributed by atoms with Crippen LogP contribution in [0.2, 0.25) is 0 Å². The van der Waals surface area contributed by atoms with Crippen molar-refractivity contribution in [3.63, 3.8) is 0 Å². The summed E-state index contributed by atoms with van der Waals surface area (Å²) in [7, 11) is 1.11. The monoisotopic (exact) mass is 395 g/mol. The van der Waals surface area contributed by atoms with Gasteiger partial charge in [0, 0.05) is 18.3 Å². The summed E-state index contributed by atoms with van der Waals surface area (Å²) in [4.78, 5) is 12.2. The lowest BCUT2D eigenvalue weighted by atomic mass is 9.78. The van der Waals surface area contributed by atoms with Crippen molar-refractivity contribution in [2.45, 2.75) is 37.0 Å². The van der Waals surface area contributed by atoms with Crippen molar-refractivity contribution in [2.24, 2.45) is 0 Å². The van der Waals surface area contributed by atoms with E-state index in [4.69, 9.17) is 5.73 Å². The van der Waals surface area contributed by atoms with Gasteiger partial charge in [-0.3, -0.25) is 0 Å². The quantitative estimate of drug-likeness (QED) is 0.637. The second kappa shape index (κ2) is 7.54. The predicted molar refractivity (Wildman–Crippen MR) is 93.2 cm³/mol. The minimum Gasteiger partial charge on any atom is -0.464 e. The SMILES string of the molecule is COC(=O)c1c(N)c(C#N)cn1-c1ccccc1C1C(F)C(F)CC(F)C1F. The molecule has 2 N–H and O–H groups in total. The van der Waals surface area contributed by atoms with Crippen molar-refractivity contribution >= 4 is 11.7 Å². The van der Waals surface area contributed by atoms with Crippen LogP contribution < -0.4 is 5.73 Å². The molecule has 9 heteroatoms. The Hall–Kier alpha value is -3.02. The van der Waals surface area contributed by atoms with Gasteiger partial charge in [0.15, 0.2) is 5.69 Å². The first-order valence-corrected chi connectivity index (χ1v) is 8.46. The number of methoxy groups -OCH3 is 1. The van der Waals surface area contributed by atoms with E-state index in [1.54, 1.807) is 0 Å². The molecule has 1 heterocycles. The van der Waals surface area contributed by atoms with Gasteiger partial charge in [-0.05, 0) is 11.6 Å². The zero-order chi connectivity index (χ0) is 20.6. The maximum absolute atomic E-state index is 14.6. The van der Waals surface area contributed by atoms with Crippen LogP contribution in [-0.4, -0.2) is 42.3 Å². The Morgan fingerprint density at radius 1 is 1.21 bits per heavy atom. The third-order valence-corrected chi connectivity index (χ3v) is 4.93. The zero-order valence-corrected chi connectivity index (χ0v) is 14.8. The summed E-state index contributed by atoms with van der Waals surface area (Å²) in [5, 5.41) is 9.21. The number of anilines is 1. The van der Waals surface area contributed by atoms with Crippen LogP contribution in [0, 0.1) is 11.3 Å². The van der Waals surface area contributed by atoms with E-state index >= 15 is 0 Å². The number of carbonyl (C=O) groups excluding carboxylic acids is 1. The van der Waals surface area contributed by atoms with Crippen LogP contribution in [0.4, 0.5) is 23.2 Å². The molecule has 1 aliphatic rings. The number of nitriles is 1. The smallest absolute Gasteiger partial charge is 0.357 e. The average Bonchev–Trinajstić information content (AvgIpc) is 3.02. The molecule has 4 unspecified atom stereocenters. The van der Waals surface area contributed by atoms with Crippen molar-refractivity contribution in [2.75, 3.05) is 12.8 Å². The summed E-state index contributed by atoms with van der Waals surface area (Å²) in [5.41, 5.74) is 5.43. The number of rotatable bonds is 3. The Morgan fingerprint density at radius 3 is 2.39 bits per heavy atom. The van der Waals surface area contributed by atoms with E-state index in [-0.39, 0.29) is 28.2 Å². The minimum absolute atomic E-state index is 0.0443. The van der Waals surface area contributed by atoms with Crippen molar-refractivity contribution in [3.8, 4) is 11.8 Å². The second-order valence-corrected chi connectivity index (χ2v) is 6.52. The van der Waals surface area contributed by atoms with Gasteiger partial charge in [-0.1, -0.05) is 18.2 Å². The highest BCUT2D eigenvalue weighted by atomic mass is 19.2. The molecule has 1 aromatic carbocycles. The molecule has 28 heavy (non-hydrogen) atoms. The van der Waals surface area contributed by atoms with Gasteiger partial charge in [0.1, 0.15) is 30.8 Å². The first-order chi connectivity index (χ1) is 13.3. The van der Waals surface area contributed by atoms with Crippen LogP contribution in [0.5, 0.6) is 0 Å². The molecule has 1 saturated carbocycles. The Morgan fingerprint density at radius 2 is 1.82 bits per heavy atom. The van der Waals surface area contributed by atoms with Gasteiger partial charge in [0.05, 0.1) is 24.3 Å². The molecule has 0 aliphatic heterocycles. The van der Waals surface area contributed by atoms with E-state index in [1.165, 1.54) is 30.5 Å². The first-order valence-electron chi connectivity index (χ1n) is 8.46. The Bertz CT molecular complexity index is 926. The van der Waals surface area contributed by atoms with Gasteiger partial charge in [-0.25, -0.2) is 22.4 Å². The molecular weight excluding hydrogens is 378 g/mol. The molecular formula is C19H17F4N3O2. The Balaban J connectivity index is 2.22. The van der Waals surface area contributed by atoms with Gasteiger partial charge in [-0.15, -0.1) is 0 Å². The highest BCUT2D eigenvalue weighted by molar-refractivity contribution is 5.96. The summed E-state index contributed by atoms with van der Waals surface area (Å²) in [6.45, 7) is 0.